The van der Waals surface area contributed by atoms with Crippen LogP contribution in [0.4, 0.5) is 5.69 Å². The summed E-state index contributed by atoms with van der Waals surface area (Å²) in [7, 11) is 0. The summed E-state index contributed by atoms with van der Waals surface area (Å²) >= 11 is 1.34. The molecule has 0 aromatic heterocycles. The van der Waals surface area contributed by atoms with E-state index in [1.165, 1.54) is 28.1 Å². The number of nitrogens with zero attached hydrogens (tertiary/aromatic N) is 1. The van der Waals surface area contributed by atoms with Crippen LogP contribution >= 0.6 is 11.8 Å². The molecule has 0 atom stereocenters. The molecule has 0 spiro atoms. The van der Waals surface area contributed by atoms with E-state index >= 15 is 0 Å². The molecule has 4 nitrogen and oxygen atoms in total. The largest absolute Gasteiger partial charge is 0.488 e. The number of benzene rings is 4. The number of aryl methyl sites for hydroxylation is 1. The lowest BCUT2D eigenvalue weighted by molar-refractivity contribution is -0.115. The molecule has 1 heterocycles. The maximum absolute atomic E-state index is 12.6. The SMILES string of the molecule is CCc1ccc(N=C2NC(=O)/C(=C/c3ccccc3OCc3ccc4ccccc4c3)S2)cc1. The van der Waals surface area contributed by atoms with Gasteiger partial charge in [-0.1, -0.05) is 73.7 Å². The van der Waals surface area contributed by atoms with Crippen LogP contribution in [-0.2, 0) is 17.8 Å². The van der Waals surface area contributed by atoms with Gasteiger partial charge in [-0.05, 0) is 70.4 Å². The zero-order valence-corrected chi connectivity index (χ0v) is 19.6. The highest BCUT2D eigenvalue weighted by Crippen LogP contribution is 2.31. The summed E-state index contributed by atoms with van der Waals surface area (Å²) in [6.45, 7) is 2.57. The van der Waals surface area contributed by atoms with Crippen molar-refractivity contribution in [3.05, 3.63) is 113 Å². The summed E-state index contributed by atoms with van der Waals surface area (Å²) in [4.78, 5) is 17.7. The number of ether oxygens (including phenoxy) is 1. The molecule has 1 N–H and O–H groups in total. The van der Waals surface area contributed by atoms with Crippen molar-refractivity contribution < 1.29 is 9.53 Å². The van der Waals surface area contributed by atoms with Crippen LogP contribution in [0.1, 0.15) is 23.6 Å². The van der Waals surface area contributed by atoms with E-state index < -0.39 is 0 Å². The van der Waals surface area contributed by atoms with Gasteiger partial charge in [0.15, 0.2) is 5.17 Å². The summed E-state index contributed by atoms with van der Waals surface area (Å²) in [6, 6.07) is 30.4. The lowest BCUT2D eigenvalue weighted by Crippen LogP contribution is -2.19. The van der Waals surface area contributed by atoms with E-state index in [-0.39, 0.29) is 5.91 Å². The molecule has 4 aromatic rings. The molecule has 34 heavy (non-hydrogen) atoms. The molecule has 0 aliphatic carbocycles. The molecule has 0 saturated carbocycles. The van der Waals surface area contributed by atoms with Crippen molar-refractivity contribution in [2.45, 2.75) is 20.0 Å². The van der Waals surface area contributed by atoms with E-state index in [0.717, 1.165) is 29.0 Å². The molecule has 1 aliphatic heterocycles. The highest BCUT2D eigenvalue weighted by molar-refractivity contribution is 8.18. The monoisotopic (exact) mass is 464 g/mol. The molecule has 1 saturated heterocycles. The predicted molar refractivity (Wildman–Crippen MR) is 141 cm³/mol. The fourth-order valence-corrected chi connectivity index (χ4v) is 4.60. The number of amides is 1. The third kappa shape index (κ3) is 5.05. The average molecular weight is 465 g/mol. The fraction of sp³-hybridized carbons (Fsp3) is 0.103. The van der Waals surface area contributed by atoms with E-state index in [1.807, 2.05) is 54.6 Å². The first-order valence-electron chi connectivity index (χ1n) is 11.3. The van der Waals surface area contributed by atoms with E-state index in [4.69, 9.17) is 4.74 Å². The molecule has 168 valence electrons. The van der Waals surface area contributed by atoms with Crippen LogP contribution in [0.25, 0.3) is 16.8 Å². The summed E-state index contributed by atoms with van der Waals surface area (Å²) < 4.78 is 6.15. The van der Waals surface area contributed by atoms with Crippen molar-refractivity contribution in [3.8, 4) is 5.75 Å². The van der Waals surface area contributed by atoms with Crippen LogP contribution in [0.2, 0.25) is 0 Å². The number of thioether (sulfide) groups is 1. The first kappa shape index (κ1) is 22.0. The van der Waals surface area contributed by atoms with Gasteiger partial charge >= 0.3 is 0 Å². The Kier molecular flexibility index (Phi) is 6.45. The molecule has 4 aromatic carbocycles. The lowest BCUT2D eigenvalue weighted by Gasteiger charge is -2.10. The number of rotatable bonds is 6. The van der Waals surface area contributed by atoms with Crippen LogP contribution in [0.3, 0.4) is 0 Å². The van der Waals surface area contributed by atoms with Crippen LogP contribution in [0.15, 0.2) is 101 Å². The lowest BCUT2D eigenvalue weighted by atomic mass is 10.1. The molecule has 0 bridgehead atoms. The normalized spacial score (nSPS) is 15.7. The number of fused-ring (bicyclic) bond motifs is 1. The van der Waals surface area contributed by atoms with E-state index in [1.54, 1.807) is 0 Å². The van der Waals surface area contributed by atoms with Crippen molar-refractivity contribution in [2.75, 3.05) is 0 Å². The topological polar surface area (TPSA) is 50.7 Å². The molecule has 5 heteroatoms. The Balaban J connectivity index is 1.32. The number of carbonyl (C=O) groups is 1. The van der Waals surface area contributed by atoms with Crippen molar-refractivity contribution in [1.29, 1.82) is 0 Å². The second kappa shape index (κ2) is 9.98. The number of carbonyl (C=O) groups excluding carboxylic acids is 1. The van der Waals surface area contributed by atoms with Crippen molar-refractivity contribution >= 4 is 45.4 Å². The van der Waals surface area contributed by atoms with Gasteiger partial charge in [-0.25, -0.2) is 4.99 Å². The third-order valence-corrected chi connectivity index (χ3v) is 6.55. The Labute approximate surface area is 203 Å². The van der Waals surface area contributed by atoms with Gasteiger partial charge in [-0.3, -0.25) is 4.79 Å². The van der Waals surface area contributed by atoms with Gasteiger partial charge < -0.3 is 10.1 Å². The van der Waals surface area contributed by atoms with Crippen molar-refractivity contribution in [3.63, 3.8) is 0 Å². The summed E-state index contributed by atoms with van der Waals surface area (Å²) in [5, 5.41) is 5.84. The minimum atomic E-state index is -0.154. The van der Waals surface area contributed by atoms with Crippen molar-refractivity contribution in [2.24, 2.45) is 4.99 Å². The van der Waals surface area contributed by atoms with E-state index in [2.05, 4.69) is 59.7 Å². The zero-order chi connectivity index (χ0) is 23.3. The molecule has 1 amide bonds. The van der Waals surface area contributed by atoms with Crippen LogP contribution in [0, 0.1) is 0 Å². The van der Waals surface area contributed by atoms with Crippen LogP contribution in [0.5, 0.6) is 5.75 Å². The van der Waals surface area contributed by atoms with Gasteiger partial charge in [0.05, 0.1) is 10.6 Å². The Bertz CT molecular complexity index is 1410. The Morgan fingerprint density at radius 3 is 2.44 bits per heavy atom. The van der Waals surface area contributed by atoms with E-state index in [9.17, 15) is 4.79 Å². The minimum Gasteiger partial charge on any atom is -0.488 e. The predicted octanol–water partition coefficient (Wildman–Crippen LogP) is 6.87. The molecule has 1 fully saturated rings. The first-order chi connectivity index (χ1) is 16.7. The molecular formula is C29H24N2O2S. The maximum atomic E-state index is 12.6. The molecule has 0 radical (unpaired) electrons. The number of aliphatic imine (C=N–C) groups is 1. The van der Waals surface area contributed by atoms with Gasteiger partial charge in [0.25, 0.3) is 5.91 Å². The van der Waals surface area contributed by atoms with Gasteiger partial charge in [0.2, 0.25) is 0 Å². The molecule has 5 rings (SSSR count). The van der Waals surface area contributed by atoms with Gasteiger partial charge in [0, 0.05) is 5.56 Å². The van der Waals surface area contributed by atoms with Crippen LogP contribution < -0.4 is 10.1 Å². The summed E-state index contributed by atoms with van der Waals surface area (Å²) in [5.41, 5.74) is 4.03. The highest BCUT2D eigenvalue weighted by atomic mass is 32.2. The Hall–Kier alpha value is -3.83. The highest BCUT2D eigenvalue weighted by Gasteiger charge is 2.24. The van der Waals surface area contributed by atoms with Gasteiger partial charge in [-0.2, -0.15) is 0 Å². The number of nitrogens with one attached hydrogen (secondary N) is 1. The van der Waals surface area contributed by atoms with Gasteiger partial charge in [0.1, 0.15) is 12.4 Å². The fourth-order valence-electron chi connectivity index (χ4n) is 3.77. The second-order valence-electron chi connectivity index (χ2n) is 8.01. The third-order valence-electron chi connectivity index (χ3n) is 5.64. The quantitative estimate of drug-likeness (QED) is 0.317. The molecular weight excluding hydrogens is 440 g/mol. The summed E-state index contributed by atoms with van der Waals surface area (Å²) in [6.07, 6.45) is 2.84. The van der Waals surface area contributed by atoms with E-state index in [0.29, 0.717) is 16.7 Å². The van der Waals surface area contributed by atoms with Crippen molar-refractivity contribution in [1.82, 2.24) is 5.32 Å². The molecule has 0 unspecified atom stereocenters. The minimum absolute atomic E-state index is 0.154. The second-order valence-corrected chi connectivity index (χ2v) is 9.04. The summed E-state index contributed by atoms with van der Waals surface area (Å²) in [5.74, 6) is 0.579. The standard InChI is InChI=1S/C29H24N2O2S/c1-2-20-12-15-25(16-13-20)30-29-31-28(32)27(34-29)18-24-9-5-6-10-26(24)33-19-21-11-14-22-7-3-4-8-23(22)17-21/h3-18H,2,19H2,1H3,(H,30,31,32)/b27-18-. The number of hydrogen-bond acceptors (Lipinski definition) is 4. The number of amidine groups is 1. The maximum Gasteiger partial charge on any atom is 0.264 e. The zero-order valence-electron chi connectivity index (χ0n) is 18.8. The Morgan fingerprint density at radius 1 is 0.882 bits per heavy atom. The first-order valence-corrected chi connectivity index (χ1v) is 12.1. The van der Waals surface area contributed by atoms with Gasteiger partial charge in [-0.15, -0.1) is 0 Å². The smallest absolute Gasteiger partial charge is 0.264 e. The number of hydrogen-bond donors (Lipinski definition) is 1. The average Bonchev–Trinajstić information content (AvgIpc) is 3.22. The molecule has 1 aliphatic rings. The number of para-hydroxylation sites is 1. The van der Waals surface area contributed by atoms with Crippen LogP contribution in [-0.4, -0.2) is 11.1 Å². The Morgan fingerprint density at radius 2 is 1.62 bits per heavy atom.